The predicted octanol–water partition coefficient (Wildman–Crippen LogP) is 1.01. The highest BCUT2D eigenvalue weighted by Gasteiger charge is 2.29. The Morgan fingerprint density at radius 3 is 2.88 bits per heavy atom. The maximum Gasteiger partial charge on any atom is 0.161 e. The third-order valence-electron chi connectivity index (χ3n) is 2.97. The average molecular weight is 217 g/mol. The fourth-order valence-corrected chi connectivity index (χ4v) is 1.95. The minimum atomic E-state index is -0.0389. The highest BCUT2D eigenvalue weighted by molar-refractivity contribution is 5.87. The van der Waals surface area contributed by atoms with Gasteiger partial charge in [-0.15, -0.1) is 0 Å². The van der Waals surface area contributed by atoms with E-state index in [0.29, 0.717) is 6.04 Å². The molecule has 1 aliphatic carbocycles. The standard InChI is InChI=1S/C12H15N3O/c13-15-12(14-9-5-6-9)11-7-8-3-1-2-4-10(8)16-11/h1-4,9,11H,5-7,13H2,(H,14,15). The van der Waals surface area contributed by atoms with E-state index >= 15 is 0 Å². The molecule has 84 valence electrons. The lowest BCUT2D eigenvalue weighted by Gasteiger charge is -2.13. The van der Waals surface area contributed by atoms with Crippen LogP contribution in [0.1, 0.15) is 18.4 Å². The smallest absolute Gasteiger partial charge is 0.161 e. The molecule has 4 nitrogen and oxygen atoms in total. The summed E-state index contributed by atoms with van der Waals surface area (Å²) in [5, 5.41) is 0. The topological polar surface area (TPSA) is 59.6 Å². The molecule has 3 rings (SSSR count). The number of nitrogens with zero attached hydrogens (tertiary/aromatic N) is 1. The van der Waals surface area contributed by atoms with E-state index in [-0.39, 0.29) is 6.10 Å². The lowest BCUT2D eigenvalue weighted by Crippen LogP contribution is -2.42. The molecule has 0 radical (unpaired) electrons. The van der Waals surface area contributed by atoms with Crippen molar-refractivity contribution < 1.29 is 4.74 Å². The average Bonchev–Trinajstić information content (AvgIpc) is 3.02. The summed E-state index contributed by atoms with van der Waals surface area (Å²) < 4.78 is 5.82. The number of ether oxygens (including phenoxy) is 1. The molecule has 1 atom stereocenters. The Hall–Kier alpha value is -1.55. The fourth-order valence-electron chi connectivity index (χ4n) is 1.95. The van der Waals surface area contributed by atoms with Gasteiger partial charge in [-0.3, -0.25) is 4.99 Å². The third-order valence-corrected chi connectivity index (χ3v) is 2.97. The Morgan fingerprint density at radius 2 is 2.19 bits per heavy atom. The van der Waals surface area contributed by atoms with E-state index in [1.807, 2.05) is 18.2 Å². The van der Waals surface area contributed by atoms with Crippen LogP contribution in [0.15, 0.2) is 29.3 Å². The van der Waals surface area contributed by atoms with E-state index < -0.39 is 0 Å². The van der Waals surface area contributed by atoms with Gasteiger partial charge in [0.1, 0.15) is 5.75 Å². The summed E-state index contributed by atoms with van der Waals surface area (Å²) in [7, 11) is 0. The zero-order chi connectivity index (χ0) is 11.0. The van der Waals surface area contributed by atoms with Crippen molar-refractivity contribution >= 4 is 5.84 Å². The first-order valence-electron chi connectivity index (χ1n) is 5.65. The van der Waals surface area contributed by atoms with Crippen LogP contribution in [0, 0.1) is 0 Å². The summed E-state index contributed by atoms with van der Waals surface area (Å²) in [5.74, 6) is 7.23. The van der Waals surface area contributed by atoms with Gasteiger partial charge in [0.05, 0.1) is 6.04 Å². The molecule has 0 spiro atoms. The number of para-hydroxylation sites is 1. The zero-order valence-electron chi connectivity index (χ0n) is 9.02. The van der Waals surface area contributed by atoms with Crippen LogP contribution >= 0.6 is 0 Å². The first-order valence-corrected chi connectivity index (χ1v) is 5.65. The Balaban J connectivity index is 1.79. The second-order valence-electron chi connectivity index (χ2n) is 4.31. The summed E-state index contributed by atoms with van der Waals surface area (Å²) in [6.07, 6.45) is 3.16. The van der Waals surface area contributed by atoms with Crippen LogP contribution in [-0.2, 0) is 6.42 Å². The number of nitrogens with two attached hydrogens (primary N) is 1. The molecule has 16 heavy (non-hydrogen) atoms. The van der Waals surface area contributed by atoms with Gasteiger partial charge in [0.15, 0.2) is 11.9 Å². The van der Waals surface area contributed by atoms with Gasteiger partial charge in [0.25, 0.3) is 0 Å². The van der Waals surface area contributed by atoms with E-state index in [0.717, 1.165) is 18.0 Å². The first-order chi connectivity index (χ1) is 7.86. The van der Waals surface area contributed by atoms with Crippen LogP contribution in [0.2, 0.25) is 0 Å². The van der Waals surface area contributed by atoms with Crippen molar-refractivity contribution in [2.24, 2.45) is 10.8 Å². The normalized spacial score (nSPS) is 23.8. The number of amidine groups is 1. The van der Waals surface area contributed by atoms with Crippen molar-refractivity contribution in [3.63, 3.8) is 0 Å². The lowest BCUT2D eigenvalue weighted by molar-refractivity contribution is 0.296. The van der Waals surface area contributed by atoms with E-state index in [9.17, 15) is 0 Å². The SMILES string of the molecule is NNC(=NC1CC1)C1Cc2ccccc2O1. The molecule has 3 N–H and O–H groups in total. The Morgan fingerprint density at radius 1 is 1.38 bits per heavy atom. The third kappa shape index (κ3) is 1.76. The lowest BCUT2D eigenvalue weighted by atomic mass is 10.1. The van der Waals surface area contributed by atoms with E-state index in [1.165, 1.54) is 18.4 Å². The minimum Gasteiger partial charge on any atom is -0.482 e. The Bertz CT molecular complexity index is 401. The molecule has 1 aliphatic heterocycles. The van der Waals surface area contributed by atoms with E-state index in [1.54, 1.807) is 0 Å². The molecule has 0 bridgehead atoms. The summed E-state index contributed by atoms with van der Waals surface area (Å²) in [5.41, 5.74) is 3.90. The molecule has 0 aromatic heterocycles. The van der Waals surface area contributed by atoms with Crippen LogP contribution in [0.25, 0.3) is 0 Å². The zero-order valence-corrected chi connectivity index (χ0v) is 9.02. The molecule has 4 heteroatoms. The van der Waals surface area contributed by atoms with Crippen molar-refractivity contribution in [1.82, 2.24) is 5.43 Å². The molecule has 0 saturated heterocycles. The van der Waals surface area contributed by atoms with Crippen LogP contribution in [0.3, 0.4) is 0 Å². The molecular weight excluding hydrogens is 202 g/mol. The second kappa shape index (κ2) is 3.79. The minimum absolute atomic E-state index is 0.0389. The van der Waals surface area contributed by atoms with E-state index in [2.05, 4.69) is 16.5 Å². The van der Waals surface area contributed by atoms with Crippen molar-refractivity contribution in [3.05, 3.63) is 29.8 Å². The molecule has 0 amide bonds. The molecule has 1 fully saturated rings. The maximum atomic E-state index is 5.82. The number of hydrazine groups is 1. The van der Waals surface area contributed by atoms with Crippen molar-refractivity contribution in [2.45, 2.75) is 31.4 Å². The Kier molecular flexibility index (Phi) is 2.29. The highest BCUT2D eigenvalue weighted by Crippen LogP contribution is 2.30. The number of hydrogen-bond donors (Lipinski definition) is 2. The molecule has 1 aromatic carbocycles. The van der Waals surface area contributed by atoms with Gasteiger partial charge in [-0.25, -0.2) is 5.84 Å². The monoisotopic (exact) mass is 217 g/mol. The van der Waals surface area contributed by atoms with Crippen LogP contribution in [-0.4, -0.2) is 18.0 Å². The largest absolute Gasteiger partial charge is 0.482 e. The number of fused-ring (bicyclic) bond motifs is 1. The van der Waals surface area contributed by atoms with Gasteiger partial charge in [-0.1, -0.05) is 18.2 Å². The van der Waals surface area contributed by atoms with E-state index in [4.69, 9.17) is 10.6 Å². The van der Waals surface area contributed by atoms with Crippen LogP contribution in [0.4, 0.5) is 0 Å². The first kappa shape index (κ1) is 9.66. The van der Waals surface area contributed by atoms with Gasteiger partial charge in [0.2, 0.25) is 0 Å². The van der Waals surface area contributed by atoms with Gasteiger partial charge in [0, 0.05) is 6.42 Å². The van der Waals surface area contributed by atoms with Gasteiger partial charge >= 0.3 is 0 Å². The van der Waals surface area contributed by atoms with Crippen LogP contribution in [0.5, 0.6) is 5.75 Å². The summed E-state index contributed by atoms with van der Waals surface area (Å²) in [6.45, 7) is 0. The molecule has 2 aliphatic rings. The van der Waals surface area contributed by atoms with Crippen molar-refractivity contribution in [2.75, 3.05) is 0 Å². The second-order valence-corrected chi connectivity index (χ2v) is 4.31. The van der Waals surface area contributed by atoms with Crippen molar-refractivity contribution in [3.8, 4) is 5.75 Å². The maximum absolute atomic E-state index is 5.82. The van der Waals surface area contributed by atoms with Gasteiger partial charge in [-0.05, 0) is 24.5 Å². The van der Waals surface area contributed by atoms with Gasteiger partial charge in [-0.2, -0.15) is 0 Å². The number of aliphatic imine (C=N–C) groups is 1. The number of rotatable bonds is 2. The number of benzene rings is 1. The fraction of sp³-hybridized carbons (Fsp3) is 0.417. The molecule has 1 unspecified atom stereocenters. The summed E-state index contributed by atoms with van der Waals surface area (Å²) >= 11 is 0. The molecule has 1 heterocycles. The number of nitrogens with one attached hydrogen (secondary N) is 1. The Labute approximate surface area is 94.5 Å². The summed E-state index contributed by atoms with van der Waals surface area (Å²) in [4.78, 5) is 4.53. The molecular formula is C12H15N3O. The van der Waals surface area contributed by atoms with Crippen molar-refractivity contribution in [1.29, 1.82) is 0 Å². The molecule has 1 saturated carbocycles. The number of hydrogen-bond acceptors (Lipinski definition) is 3. The quantitative estimate of drug-likeness (QED) is 0.336. The summed E-state index contributed by atoms with van der Waals surface area (Å²) in [6, 6.07) is 8.53. The molecule has 1 aromatic rings. The van der Waals surface area contributed by atoms with Gasteiger partial charge < -0.3 is 10.2 Å². The highest BCUT2D eigenvalue weighted by atomic mass is 16.5. The predicted molar refractivity (Wildman–Crippen MR) is 62.3 cm³/mol. The van der Waals surface area contributed by atoms with Crippen LogP contribution < -0.4 is 16.0 Å².